The highest BCUT2D eigenvalue weighted by Crippen LogP contribution is 2.17. The number of sulfonamides is 1. The Balaban J connectivity index is 1.63. The Bertz CT molecular complexity index is 794. The molecule has 8 nitrogen and oxygen atoms in total. The molecular formula is C20H30N4O4S. The summed E-state index contributed by atoms with van der Waals surface area (Å²) in [4.78, 5) is 28.1. The first kappa shape index (κ1) is 21.7. The number of benzene rings is 1. The molecule has 3 rings (SSSR count). The molecular weight excluding hydrogens is 392 g/mol. The van der Waals surface area contributed by atoms with Gasteiger partial charge in [0.1, 0.15) is 0 Å². The molecule has 1 aromatic rings. The molecule has 0 bridgehead atoms. The van der Waals surface area contributed by atoms with E-state index in [2.05, 4.69) is 5.32 Å². The normalized spacial score (nSPS) is 17.9. The Morgan fingerprint density at radius 1 is 1.07 bits per heavy atom. The number of carbonyl (C=O) groups is 2. The molecule has 2 fully saturated rings. The summed E-state index contributed by atoms with van der Waals surface area (Å²) in [5.74, 6) is 0.117. The number of nitrogens with zero attached hydrogens (tertiary/aromatic N) is 3. The number of carbonyl (C=O) groups excluding carboxylic acids is 2. The second-order valence-electron chi connectivity index (χ2n) is 7.44. The summed E-state index contributed by atoms with van der Waals surface area (Å²) in [5, 5.41) is 3.21. The van der Waals surface area contributed by atoms with Crippen LogP contribution in [-0.4, -0.2) is 86.7 Å². The molecule has 0 aliphatic carbocycles. The molecule has 160 valence electrons. The quantitative estimate of drug-likeness (QED) is 0.626. The number of hydrogen-bond acceptors (Lipinski definition) is 5. The average molecular weight is 423 g/mol. The van der Waals surface area contributed by atoms with Gasteiger partial charge in [-0.3, -0.25) is 9.59 Å². The van der Waals surface area contributed by atoms with Crippen molar-refractivity contribution < 1.29 is 18.0 Å². The molecule has 2 amide bonds. The molecule has 29 heavy (non-hydrogen) atoms. The maximum absolute atomic E-state index is 13.1. The fourth-order valence-electron chi connectivity index (χ4n) is 3.76. The Morgan fingerprint density at radius 3 is 2.45 bits per heavy atom. The molecule has 2 aliphatic rings. The zero-order valence-electron chi connectivity index (χ0n) is 16.8. The molecule has 2 heterocycles. The topological polar surface area (TPSA) is 90.0 Å². The first-order valence-corrected chi connectivity index (χ1v) is 11.7. The van der Waals surface area contributed by atoms with E-state index in [0.29, 0.717) is 32.5 Å². The van der Waals surface area contributed by atoms with Gasteiger partial charge in [0.15, 0.2) is 0 Å². The van der Waals surface area contributed by atoms with Crippen molar-refractivity contribution in [1.82, 2.24) is 19.4 Å². The van der Waals surface area contributed by atoms with E-state index in [1.165, 1.54) is 4.31 Å². The van der Waals surface area contributed by atoms with E-state index in [1.807, 2.05) is 0 Å². The van der Waals surface area contributed by atoms with Gasteiger partial charge < -0.3 is 15.1 Å². The van der Waals surface area contributed by atoms with Crippen LogP contribution in [0.1, 0.15) is 25.7 Å². The van der Waals surface area contributed by atoms with Crippen LogP contribution in [0.15, 0.2) is 35.2 Å². The van der Waals surface area contributed by atoms with E-state index in [-0.39, 0.29) is 36.2 Å². The molecule has 2 aliphatic heterocycles. The minimum absolute atomic E-state index is 0.0190. The second kappa shape index (κ2) is 10.2. The second-order valence-corrected chi connectivity index (χ2v) is 9.37. The molecule has 2 saturated heterocycles. The van der Waals surface area contributed by atoms with Crippen molar-refractivity contribution in [2.45, 2.75) is 30.6 Å². The highest BCUT2D eigenvalue weighted by atomic mass is 32.2. The lowest BCUT2D eigenvalue weighted by Gasteiger charge is -2.29. The van der Waals surface area contributed by atoms with Crippen LogP contribution in [0, 0.1) is 0 Å². The highest BCUT2D eigenvalue weighted by molar-refractivity contribution is 7.89. The molecule has 0 saturated carbocycles. The number of hydrogen-bond donors (Lipinski definition) is 1. The van der Waals surface area contributed by atoms with E-state index >= 15 is 0 Å². The third-order valence-electron chi connectivity index (χ3n) is 5.43. The van der Waals surface area contributed by atoms with E-state index in [0.717, 1.165) is 26.1 Å². The van der Waals surface area contributed by atoms with E-state index < -0.39 is 10.0 Å². The van der Waals surface area contributed by atoms with Gasteiger partial charge in [-0.15, -0.1) is 0 Å². The fourth-order valence-corrected chi connectivity index (χ4v) is 5.27. The van der Waals surface area contributed by atoms with Crippen molar-refractivity contribution in [3.8, 4) is 0 Å². The fraction of sp³-hybridized carbons (Fsp3) is 0.600. The van der Waals surface area contributed by atoms with E-state index in [4.69, 9.17) is 0 Å². The molecule has 1 aromatic carbocycles. The predicted octanol–water partition coefficient (Wildman–Crippen LogP) is 0.512. The van der Waals surface area contributed by atoms with Gasteiger partial charge in [0.25, 0.3) is 0 Å². The van der Waals surface area contributed by atoms with Crippen molar-refractivity contribution in [1.29, 1.82) is 0 Å². The van der Waals surface area contributed by atoms with Crippen LogP contribution in [-0.2, 0) is 19.6 Å². The lowest BCUT2D eigenvalue weighted by atomic mass is 10.3. The van der Waals surface area contributed by atoms with Gasteiger partial charge in [0.2, 0.25) is 21.8 Å². The molecule has 1 N–H and O–H groups in total. The van der Waals surface area contributed by atoms with Gasteiger partial charge in [-0.25, -0.2) is 8.42 Å². The lowest BCUT2D eigenvalue weighted by Crippen LogP contribution is -2.47. The van der Waals surface area contributed by atoms with Crippen molar-refractivity contribution in [3.63, 3.8) is 0 Å². The summed E-state index contributed by atoms with van der Waals surface area (Å²) in [5.41, 5.74) is 0. The summed E-state index contributed by atoms with van der Waals surface area (Å²) < 4.78 is 27.6. The third-order valence-corrected chi connectivity index (χ3v) is 7.35. The largest absolute Gasteiger partial charge is 0.343 e. The maximum atomic E-state index is 13.1. The van der Waals surface area contributed by atoms with Crippen molar-refractivity contribution >= 4 is 21.8 Å². The minimum atomic E-state index is -3.69. The molecule has 0 radical (unpaired) electrons. The summed E-state index contributed by atoms with van der Waals surface area (Å²) in [7, 11) is -3.69. The van der Waals surface area contributed by atoms with Crippen LogP contribution < -0.4 is 5.32 Å². The number of rotatable bonds is 9. The SMILES string of the molecule is O=C1CCCN1CCCN(CCC(=O)N1CCNCC1)S(=O)(=O)c1ccccc1. The maximum Gasteiger partial charge on any atom is 0.243 e. The van der Waals surface area contributed by atoms with Crippen molar-refractivity contribution in [3.05, 3.63) is 30.3 Å². The Labute approximate surface area is 172 Å². The monoisotopic (exact) mass is 422 g/mol. The number of amides is 2. The summed E-state index contributed by atoms with van der Waals surface area (Å²) in [6, 6.07) is 8.31. The molecule has 0 aromatic heterocycles. The van der Waals surface area contributed by atoms with Gasteiger partial charge >= 0.3 is 0 Å². The number of nitrogens with one attached hydrogen (secondary N) is 1. The standard InChI is InChI=1S/C20H30N4O4S/c25-19-8-4-12-22(19)13-5-14-24(29(27,28)18-6-2-1-3-7-18)15-9-20(26)23-16-10-21-11-17-23/h1-3,6-7,21H,4-5,8-17H2. The highest BCUT2D eigenvalue weighted by Gasteiger charge is 2.27. The van der Waals surface area contributed by atoms with Crippen LogP contribution in [0.2, 0.25) is 0 Å². The third kappa shape index (κ3) is 5.77. The van der Waals surface area contributed by atoms with Gasteiger partial charge in [-0.2, -0.15) is 4.31 Å². The molecule has 0 atom stereocenters. The summed E-state index contributed by atoms with van der Waals surface area (Å²) in [6.45, 7) is 4.56. The summed E-state index contributed by atoms with van der Waals surface area (Å²) in [6.07, 6.45) is 2.16. The summed E-state index contributed by atoms with van der Waals surface area (Å²) >= 11 is 0. The van der Waals surface area contributed by atoms with Crippen LogP contribution in [0.4, 0.5) is 0 Å². The number of likely N-dealkylation sites (tertiary alicyclic amines) is 1. The molecule has 9 heteroatoms. The smallest absolute Gasteiger partial charge is 0.243 e. The van der Waals surface area contributed by atoms with Gasteiger partial charge in [-0.05, 0) is 25.0 Å². The van der Waals surface area contributed by atoms with Crippen molar-refractivity contribution in [2.24, 2.45) is 0 Å². The van der Waals surface area contributed by atoms with Crippen LogP contribution in [0.3, 0.4) is 0 Å². The van der Waals surface area contributed by atoms with Crippen LogP contribution >= 0.6 is 0 Å². The van der Waals surface area contributed by atoms with E-state index in [9.17, 15) is 18.0 Å². The zero-order chi connectivity index (χ0) is 20.7. The van der Waals surface area contributed by atoms with Crippen molar-refractivity contribution in [2.75, 3.05) is 52.4 Å². The van der Waals surface area contributed by atoms with Gasteiger partial charge in [0, 0.05) is 65.2 Å². The predicted molar refractivity (Wildman–Crippen MR) is 110 cm³/mol. The first-order chi connectivity index (χ1) is 14.0. The number of piperazine rings is 1. The average Bonchev–Trinajstić information content (AvgIpc) is 3.16. The Hall–Kier alpha value is -1.97. The zero-order valence-corrected chi connectivity index (χ0v) is 17.6. The van der Waals surface area contributed by atoms with E-state index in [1.54, 1.807) is 40.1 Å². The first-order valence-electron chi connectivity index (χ1n) is 10.3. The Morgan fingerprint density at radius 2 is 1.79 bits per heavy atom. The van der Waals surface area contributed by atoms with Crippen LogP contribution in [0.5, 0.6) is 0 Å². The van der Waals surface area contributed by atoms with Gasteiger partial charge in [-0.1, -0.05) is 18.2 Å². The van der Waals surface area contributed by atoms with Gasteiger partial charge in [0.05, 0.1) is 4.90 Å². The minimum Gasteiger partial charge on any atom is -0.343 e. The molecule has 0 unspecified atom stereocenters. The van der Waals surface area contributed by atoms with Crippen LogP contribution in [0.25, 0.3) is 0 Å². The lowest BCUT2D eigenvalue weighted by molar-refractivity contribution is -0.131. The molecule has 0 spiro atoms. The Kier molecular flexibility index (Phi) is 7.63.